The predicted octanol–water partition coefficient (Wildman–Crippen LogP) is 4.80. The molecule has 3 rings (SSSR count). The Balaban J connectivity index is 1.38. The van der Waals surface area contributed by atoms with Crippen molar-refractivity contribution in [3.8, 4) is 11.3 Å². The first-order valence-electron chi connectivity index (χ1n) is 9.08. The average molecular weight is 381 g/mol. The summed E-state index contributed by atoms with van der Waals surface area (Å²) in [6, 6.07) is 16.5. The first-order valence-corrected chi connectivity index (χ1v) is 10.1. The summed E-state index contributed by atoms with van der Waals surface area (Å²) < 4.78 is 5.76. The molecule has 0 spiro atoms. The Morgan fingerprint density at radius 3 is 2.41 bits per heavy atom. The molecule has 0 aliphatic rings. The lowest BCUT2D eigenvalue weighted by molar-refractivity contribution is -0.121. The summed E-state index contributed by atoms with van der Waals surface area (Å²) in [6.45, 7) is 4.78. The second-order valence-electron chi connectivity index (χ2n) is 6.50. The topological polar surface area (TPSA) is 55.1 Å². The van der Waals surface area contributed by atoms with Gasteiger partial charge in [0.2, 0.25) is 5.91 Å². The van der Waals surface area contributed by atoms with Gasteiger partial charge < -0.3 is 9.73 Å². The summed E-state index contributed by atoms with van der Waals surface area (Å²) in [5.74, 6) is 2.20. The molecule has 3 aromatic rings. The molecule has 0 unspecified atom stereocenters. The number of oxazole rings is 1. The Morgan fingerprint density at radius 1 is 1.04 bits per heavy atom. The first kappa shape index (κ1) is 19.2. The molecule has 27 heavy (non-hydrogen) atoms. The van der Waals surface area contributed by atoms with E-state index in [4.69, 9.17) is 4.42 Å². The summed E-state index contributed by atoms with van der Waals surface area (Å²) in [4.78, 5) is 17.5. The van der Waals surface area contributed by atoms with Gasteiger partial charge >= 0.3 is 0 Å². The number of aromatic nitrogens is 1. The number of rotatable bonds is 8. The van der Waals surface area contributed by atoms with Crippen molar-refractivity contribution in [3.63, 3.8) is 0 Å². The second kappa shape index (κ2) is 9.42. The predicted molar refractivity (Wildman–Crippen MR) is 110 cm³/mol. The number of nitrogens with zero attached hydrogens (tertiary/aromatic N) is 1. The molecular weight excluding hydrogens is 356 g/mol. The van der Waals surface area contributed by atoms with Crippen LogP contribution in [0.25, 0.3) is 11.3 Å². The van der Waals surface area contributed by atoms with Crippen LogP contribution in [0.5, 0.6) is 0 Å². The zero-order chi connectivity index (χ0) is 19.1. The maximum atomic E-state index is 12.0. The van der Waals surface area contributed by atoms with Crippen LogP contribution in [0.3, 0.4) is 0 Å². The van der Waals surface area contributed by atoms with Crippen molar-refractivity contribution < 1.29 is 9.21 Å². The van der Waals surface area contributed by atoms with Crippen LogP contribution < -0.4 is 5.32 Å². The molecule has 4 nitrogen and oxygen atoms in total. The summed E-state index contributed by atoms with van der Waals surface area (Å²) in [7, 11) is 0. The zero-order valence-electron chi connectivity index (χ0n) is 15.7. The zero-order valence-corrected chi connectivity index (χ0v) is 16.5. The monoisotopic (exact) mass is 380 g/mol. The lowest BCUT2D eigenvalue weighted by Gasteiger charge is -2.05. The molecule has 5 heteroatoms. The summed E-state index contributed by atoms with van der Waals surface area (Å²) >= 11 is 1.74. The molecule has 1 amide bonds. The fourth-order valence-corrected chi connectivity index (χ4v) is 3.35. The molecule has 0 radical (unpaired) electrons. The van der Waals surface area contributed by atoms with Gasteiger partial charge in [0.15, 0.2) is 11.7 Å². The number of thioether (sulfide) groups is 1. The molecule has 0 aliphatic heterocycles. The number of hydrogen-bond donors (Lipinski definition) is 1. The van der Waals surface area contributed by atoms with E-state index in [1.165, 1.54) is 16.0 Å². The van der Waals surface area contributed by atoms with Crippen molar-refractivity contribution in [2.75, 3.05) is 12.3 Å². The molecular formula is C22H24N2O2S. The Labute approximate surface area is 164 Å². The first-order chi connectivity index (χ1) is 13.1. The van der Waals surface area contributed by atoms with E-state index in [1.807, 2.05) is 31.2 Å². The van der Waals surface area contributed by atoms with Crippen LogP contribution in [0.1, 0.15) is 23.4 Å². The van der Waals surface area contributed by atoms with Gasteiger partial charge in [-0.15, -0.1) is 11.8 Å². The SMILES string of the molecule is Cc1ccc(SCCNC(=O)CCc2ncc(-c3ccc(C)cc3)o2)cc1. The third-order valence-electron chi connectivity index (χ3n) is 4.17. The van der Waals surface area contributed by atoms with Gasteiger partial charge in [-0.05, 0) is 26.0 Å². The molecule has 2 aromatic carbocycles. The molecule has 140 valence electrons. The van der Waals surface area contributed by atoms with Crippen LogP contribution in [-0.2, 0) is 11.2 Å². The van der Waals surface area contributed by atoms with Crippen LogP contribution in [0, 0.1) is 13.8 Å². The number of benzene rings is 2. The van der Waals surface area contributed by atoms with E-state index < -0.39 is 0 Å². The van der Waals surface area contributed by atoms with Crippen LogP contribution >= 0.6 is 11.8 Å². The molecule has 0 aliphatic carbocycles. The van der Waals surface area contributed by atoms with E-state index in [2.05, 4.69) is 41.5 Å². The average Bonchev–Trinajstić information content (AvgIpc) is 3.14. The Morgan fingerprint density at radius 2 is 1.70 bits per heavy atom. The minimum absolute atomic E-state index is 0.0228. The van der Waals surface area contributed by atoms with Crippen LogP contribution in [0.15, 0.2) is 64.0 Å². The quantitative estimate of drug-likeness (QED) is 0.450. The van der Waals surface area contributed by atoms with Crippen molar-refractivity contribution >= 4 is 17.7 Å². The Bertz CT molecular complexity index is 870. The molecule has 1 aromatic heterocycles. The number of carbonyl (C=O) groups is 1. The molecule has 0 bridgehead atoms. The van der Waals surface area contributed by atoms with Gasteiger partial charge in [0.1, 0.15) is 0 Å². The fraction of sp³-hybridized carbons (Fsp3) is 0.273. The Kier molecular flexibility index (Phi) is 6.71. The summed E-state index contributed by atoms with van der Waals surface area (Å²) in [5, 5.41) is 2.95. The van der Waals surface area contributed by atoms with Crippen LogP contribution in [-0.4, -0.2) is 23.2 Å². The highest BCUT2D eigenvalue weighted by atomic mass is 32.2. The van der Waals surface area contributed by atoms with Gasteiger partial charge in [0.05, 0.1) is 6.20 Å². The van der Waals surface area contributed by atoms with Crippen molar-refractivity contribution in [3.05, 3.63) is 71.7 Å². The minimum atomic E-state index is 0.0228. The number of hydrogen-bond acceptors (Lipinski definition) is 4. The van der Waals surface area contributed by atoms with E-state index in [1.54, 1.807) is 18.0 Å². The largest absolute Gasteiger partial charge is 0.441 e. The Hall–Kier alpha value is -2.53. The van der Waals surface area contributed by atoms with Gasteiger partial charge in [0.25, 0.3) is 0 Å². The highest BCUT2D eigenvalue weighted by Gasteiger charge is 2.09. The molecule has 0 saturated heterocycles. The van der Waals surface area contributed by atoms with Gasteiger partial charge in [-0.2, -0.15) is 0 Å². The van der Waals surface area contributed by atoms with Gasteiger partial charge in [-0.3, -0.25) is 4.79 Å². The van der Waals surface area contributed by atoms with E-state index >= 15 is 0 Å². The molecule has 0 fully saturated rings. The third-order valence-corrected chi connectivity index (χ3v) is 5.18. The molecule has 1 N–H and O–H groups in total. The molecule has 1 heterocycles. The summed E-state index contributed by atoms with van der Waals surface area (Å²) in [6.07, 6.45) is 2.60. The fourth-order valence-electron chi connectivity index (χ4n) is 2.58. The number of carbonyl (C=O) groups excluding carboxylic acids is 1. The molecule has 0 atom stereocenters. The lowest BCUT2D eigenvalue weighted by atomic mass is 10.1. The number of amides is 1. The second-order valence-corrected chi connectivity index (χ2v) is 7.66. The maximum Gasteiger partial charge on any atom is 0.220 e. The van der Waals surface area contributed by atoms with Gasteiger partial charge in [-0.25, -0.2) is 4.98 Å². The van der Waals surface area contributed by atoms with Gasteiger partial charge in [0, 0.05) is 35.6 Å². The third kappa shape index (κ3) is 6.00. The standard InChI is InChI=1S/C22H24N2O2S/c1-16-3-7-18(8-4-16)20-15-24-22(26-20)12-11-21(25)23-13-14-27-19-9-5-17(2)6-10-19/h3-10,15H,11-14H2,1-2H3,(H,23,25). The smallest absolute Gasteiger partial charge is 0.220 e. The highest BCUT2D eigenvalue weighted by Crippen LogP contribution is 2.21. The van der Waals surface area contributed by atoms with E-state index in [9.17, 15) is 4.79 Å². The van der Waals surface area contributed by atoms with E-state index in [-0.39, 0.29) is 5.91 Å². The van der Waals surface area contributed by atoms with Crippen molar-refractivity contribution in [2.24, 2.45) is 0 Å². The highest BCUT2D eigenvalue weighted by molar-refractivity contribution is 7.99. The van der Waals surface area contributed by atoms with Crippen molar-refractivity contribution in [1.29, 1.82) is 0 Å². The van der Waals surface area contributed by atoms with Crippen LogP contribution in [0.2, 0.25) is 0 Å². The van der Waals surface area contributed by atoms with Crippen molar-refractivity contribution in [1.82, 2.24) is 10.3 Å². The van der Waals surface area contributed by atoms with E-state index in [0.717, 1.165) is 17.1 Å². The minimum Gasteiger partial charge on any atom is -0.441 e. The molecule has 0 saturated carbocycles. The van der Waals surface area contributed by atoms with E-state index in [0.29, 0.717) is 25.3 Å². The number of nitrogens with one attached hydrogen (secondary N) is 1. The lowest BCUT2D eigenvalue weighted by Crippen LogP contribution is -2.25. The van der Waals surface area contributed by atoms with Crippen LogP contribution in [0.4, 0.5) is 0 Å². The maximum absolute atomic E-state index is 12.0. The number of aryl methyl sites for hydroxylation is 3. The van der Waals surface area contributed by atoms with Crippen molar-refractivity contribution in [2.45, 2.75) is 31.6 Å². The van der Waals surface area contributed by atoms with Gasteiger partial charge in [-0.1, -0.05) is 47.5 Å². The summed E-state index contributed by atoms with van der Waals surface area (Å²) in [5.41, 5.74) is 3.46. The normalized spacial score (nSPS) is 10.7.